The highest BCUT2D eigenvalue weighted by Crippen LogP contribution is 2.06. The van der Waals surface area contributed by atoms with E-state index in [1.165, 1.54) is 0 Å². The molecule has 3 amide bonds. The van der Waals surface area contributed by atoms with Crippen molar-refractivity contribution in [1.82, 2.24) is 24.9 Å². The summed E-state index contributed by atoms with van der Waals surface area (Å²) < 4.78 is 0. The molecule has 1 aromatic carbocycles. The lowest BCUT2D eigenvalue weighted by molar-refractivity contribution is -0.139. The second-order valence-corrected chi connectivity index (χ2v) is 7.70. The first kappa shape index (κ1) is 21.3. The lowest BCUT2D eigenvalue weighted by atomic mass is 10.2. The zero-order chi connectivity index (χ0) is 20.6. The summed E-state index contributed by atoms with van der Waals surface area (Å²) in [5, 5.41) is 2.96. The summed E-state index contributed by atoms with van der Waals surface area (Å²) in [5.41, 5.74) is 1.09. The first-order valence-electron chi connectivity index (χ1n) is 10.3. The minimum absolute atomic E-state index is 0.0294. The maximum Gasteiger partial charge on any atom is 0.236 e. The Bertz CT molecular complexity index is 696. The Labute approximate surface area is 172 Å². The number of hydrogen-bond acceptors (Lipinski definition) is 5. The molecule has 0 bridgehead atoms. The molecule has 0 aromatic heterocycles. The zero-order valence-corrected chi connectivity index (χ0v) is 17.2. The molecule has 0 spiro atoms. The molecule has 2 heterocycles. The van der Waals surface area contributed by atoms with Crippen LogP contribution in [0.5, 0.6) is 0 Å². The third-order valence-corrected chi connectivity index (χ3v) is 5.60. The Morgan fingerprint density at radius 2 is 1.34 bits per heavy atom. The fourth-order valence-corrected chi connectivity index (χ4v) is 3.72. The van der Waals surface area contributed by atoms with Crippen LogP contribution in [-0.4, -0.2) is 103 Å². The van der Waals surface area contributed by atoms with Gasteiger partial charge in [0.15, 0.2) is 0 Å². The van der Waals surface area contributed by atoms with Crippen LogP contribution >= 0.6 is 0 Å². The average molecular weight is 402 g/mol. The van der Waals surface area contributed by atoms with Crippen LogP contribution in [0.4, 0.5) is 0 Å². The molecule has 29 heavy (non-hydrogen) atoms. The first-order chi connectivity index (χ1) is 14.0. The number of nitrogens with one attached hydrogen (secondary N) is 1. The highest BCUT2D eigenvalue weighted by atomic mass is 16.2. The van der Waals surface area contributed by atoms with E-state index in [2.05, 4.69) is 15.1 Å². The van der Waals surface area contributed by atoms with Crippen LogP contribution in [0.2, 0.25) is 0 Å². The fraction of sp³-hybridized carbons (Fsp3) is 0.571. The third-order valence-electron chi connectivity index (χ3n) is 5.60. The molecule has 0 radical (unpaired) electrons. The topological polar surface area (TPSA) is 76.2 Å². The predicted molar refractivity (Wildman–Crippen MR) is 110 cm³/mol. The molecular formula is C21H31N5O3. The third kappa shape index (κ3) is 6.54. The summed E-state index contributed by atoms with van der Waals surface area (Å²) in [7, 11) is 0. The van der Waals surface area contributed by atoms with Crippen molar-refractivity contribution in [3.8, 4) is 0 Å². The van der Waals surface area contributed by atoms with Crippen LogP contribution in [0.1, 0.15) is 12.5 Å². The number of amides is 3. The van der Waals surface area contributed by atoms with Crippen molar-refractivity contribution < 1.29 is 14.4 Å². The van der Waals surface area contributed by atoms with Crippen LogP contribution in [0, 0.1) is 0 Å². The molecule has 0 saturated carbocycles. The van der Waals surface area contributed by atoms with Gasteiger partial charge in [-0.1, -0.05) is 30.3 Å². The lowest BCUT2D eigenvalue weighted by Crippen LogP contribution is -2.55. The molecule has 158 valence electrons. The van der Waals surface area contributed by atoms with Crippen molar-refractivity contribution in [2.75, 3.05) is 65.4 Å². The SMILES string of the molecule is CC(=O)N1CCN(C(=O)CN2CCN(CC(=O)NCc3ccccc3)CC2)CC1. The van der Waals surface area contributed by atoms with Crippen molar-refractivity contribution in [1.29, 1.82) is 0 Å². The van der Waals surface area contributed by atoms with E-state index in [1.54, 1.807) is 11.8 Å². The number of carbonyl (C=O) groups is 3. The van der Waals surface area contributed by atoms with E-state index in [1.807, 2.05) is 35.2 Å². The average Bonchev–Trinajstić information content (AvgIpc) is 2.74. The van der Waals surface area contributed by atoms with E-state index >= 15 is 0 Å². The number of hydrogen-bond donors (Lipinski definition) is 1. The van der Waals surface area contributed by atoms with Crippen LogP contribution < -0.4 is 5.32 Å². The van der Waals surface area contributed by atoms with Crippen LogP contribution in [0.15, 0.2) is 30.3 Å². The van der Waals surface area contributed by atoms with Gasteiger partial charge in [-0.2, -0.15) is 0 Å². The number of rotatable bonds is 6. The van der Waals surface area contributed by atoms with E-state index in [-0.39, 0.29) is 17.7 Å². The fourth-order valence-electron chi connectivity index (χ4n) is 3.72. The van der Waals surface area contributed by atoms with Gasteiger partial charge in [-0.15, -0.1) is 0 Å². The van der Waals surface area contributed by atoms with Gasteiger partial charge < -0.3 is 15.1 Å². The summed E-state index contributed by atoms with van der Waals surface area (Å²) >= 11 is 0. The summed E-state index contributed by atoms with van der Waals surface area (Å²) in [6, 6.07) is 9.88. The van der Waals surface area contributed by atoms with E-state index < -0.39 is 0 Å². The zero-order valence-electron chi connectivity index (χ0n) is 17.2. The van der Waals surface area contributed by atoms with Crippen molar-refractivity contribution in [3.63, 3.8) is 0 Å². The van der Waals surface area contributed by atoms with Gasteiger partial charge in [0.05, 0.1) is 13.1 Å². The van der Waals surface area contributed by atoms with Gasteiger partial charge >= 0.3 is 0 Å². The maximum atomic E-state index is 12.5. The van der Waals surface area contributed by atoms with Crippen molar-refractivity contribution >= 4 is 17.7 Å². The second kappa shape index (κ2) is 10.4. The molecular weight excluding hydrogens is 370 g/mol. The molecule has 8 heteroatoms. The number of benzene rings is 1. The number of piperazine rings is 2. The van der Waals surface area contributed by atoms with E-state index in [0.29, 0.717) is 45.8 Å². The Morgan fingerprint density at radius 1 is 0.793 bits per heavy atom. The van der Waals surface area contributed by atoms with Crippen molar-refractivity contribution in [2.45, 2.75) is 13.5 Å². The largest absolute Gasteiger partial charge is 0.351 e. The van der Waals surface area contributed by atoms with E-state index in [4.69, 9.17) is 0 Å². The van der Waals surface area contributed by atoms with Gasteiger partial charge in [-0.05, 0) is 5.56 Å². The van der Waals surface area contributed by atoms with Gasteiger partial charge in [0.1, 0.15) is 0 Å². The Balaban J connectivity index is 1.32. The quantitative estimate of drug-likeness (QED) is 0.703. The smallest absolute Gasteiger partial charge is 0.236 e. The minimum atomic E-state index is 0.0294. The molecule has 2 aliphatic heterocycles. The standard InChI is InChI=1S/C21H31N5O3/c1-18(27)25-11-13-26(14-12-25)21(29)17-24-9-7-23(8-10-24)16-20(28)22-15-19-5-3-2-4-6-19/h2-6H,7-17H2,1H3,(H,22,28). The monoisotopic (exact) mass is 401 g/mol. The first-order valence-corrected chi connectivity index (χ1v) is 10.3. The van der Waals surface area contributed by atoms with Gasteiger partial charge in [-0.3, -0.25) is 24.2 Å². The second-order valence-electron chi connectivity index (χ2n) is 7.70. The van der Waals surface area contributed by atoms with Crippen molar-refractivity contribution in [3.05, 3.63) is 35.9 Å². The molecule has 0 atom stereocenters. The Kier molecular flexibility index (Phi) is 7.60. The summed E-state index contributed by atoms with van der Waals surface area (Å²) in [6.07, 6.45) is 0. The predicted octanol–water partition coefficient (Wildman–Crippen LogP) is -0.389. The summed E-state index contributed by atoms with van der Waals surface area (Å²) in [4.78, 5) is 44.0. The van der Waals surface area contributed by atoms with Gasteiger partial charge in [0.25, 0.3) is 0 Å². The van der Waals surface area contributed by atoms with E-state index in [0.717, 1.165) is 31.7 Å². The van der Waals surface area contributed by atoms with Crippen LogP contribution in [-0.2, 0) is 20.9 Å². The minimum Gasteiger partial charge on any atom is -0.351 e. The van der Waals surface area contributed by atoms with E-state index in [9.17, 15) is 14.4 Å². The lowest BCUT2D eigenvalue weighted by Gasteiger charge is -2.37. The molecule has 0 unspecified atom stereocenters. The Hall–Kier alpha value is -2.45. The van der Waals surface area contributed by atoms with Crippen LogP contribution in [0.25, 0.3) is 0 Å². The normalized spacial score (nSPS) is 18.5. The maximum absolute atomic E-state index is 12.5. The van der Waals surface area contributed by atoms with Crippen LogP contribution in [0.3, 0.4) is 0 Å². The highest BCUT2D eigenvalue weighted by Gasteiger charge is 2.25. The molecule has 2 aliphatic rings. The van der Waals surface area contributed by atoms with Gasteiger partial charge in [0, 0.05) is 65.8 Å². The Morgan fingerprint density at radius 3 is 1.93 bits per heavy atom. The summed E-state index contributed by atoms with van der Waals surface area (Å²) in [5.74, 6) is 0.227. The van der Waals surface area contributed by atoms with Gasteiger partial charge in [-0.25, -0.2) is 0 Å². The molecule has 8 nitrogen and oxygen atoms in total. The molecule has 1 aromatic rings. The number of carbonyl (C=O) groups excluding carboxylic acids is 3. The molecule has 2 fully saturated rings. The highest BCUT2D eigenvalue weighted by molar-refractivity contribution is 5.79. The summed E-state index contributed by atoms with van der Waals surface area (Å²) in [6.45, 7) is 8.50. The number of nitrogens with zero attached hydrogens (tertiary/aromatic N) is 4. The molecule has 1 N–H and O–H groups in total. The molecule has 2 saturated heterocycles. The molecule has 3 rings (SSSR count). The van der Waals surface area contributed by atoms with Crippen molar-refractivity contribution in [2.24, 2.45) is 0 Å². The molecule has 0 aliphatic carbocycles. The van der Waals surface area contributed by atoms with Gasteiger partial charge in [0.2, 0.25) is 17.7 Å².